The SMILES string of the molecule is COc1cc(C2/C(=C(\O)c3ccc(F)cc3)C(=O)C(=O)N2c2nc3ccc(Cl)cc3s2)cc(Br)c1O. The number of methoxy groups -OCH3 is 1. The highest BCUT2D eigenvalue weighted by Crippen LogP contribution is 2.47. The number of phenols is 1. The van der Waals surface area contributed by atoms with Gasteiger partial charge in [-0.05, 0) is 76.1 Å². The van der Waals surface area contributed by atoms with Crippen LogP contribution in [0.3, 0.4) is 0 Å². The van der Waals surface area contributed by atoms with Crippen LogP contribution in [0.15, 0.2) is 64.6 Å². The predicted octanol–water partition coefficient (Wildman–Crippen LogP) is 6.19. The zero-order chi connectivity index (χ0) is 25.7. The summed E-state index contributed by atoms with van der Waals surface area (Å²) in [7, 11) is 1.36. The molecule has 5 rings (SSSR count). The number of phenolic OH excluding ortho intramolecular Hbond substituents is 1. The van der Waals surface area contributed by atoms with Gasteiger partial charge in [0, 0.05) is 10.6 Å². The minimum absolute atomic E-state index is 0.0860. The summed E-state index contributed by atoms with van der Waals surface area (Å²) in [6.45, 7) is 0. The molecule has 11 heteroatoms. The number of halogens is 3. The maximum atomic E-state index is 13.5. The number of nitrogens with zero attached hydrogens (tertiary/aromatic N) is 2. The van der Waals surface area contributed by atoms with Crippen LogP contribution in [0, 0.1) is 5.82 Å². The van der Waals surface area contributed by atoms with E-state index < -0.39 is 29.3 Å². The second-order valence-electron chi connectivity index (χ2n) is 7.84. The topological polar surface area (TPSA) is 100.0 Å². The van der Waals surface area contributed by atoms with E-state index in [1.807, 2.05) is 0 Å². The van der Waals surface area contributed by atoms with Crippen molar-refractivity contribution in [1.82, 2.24) is 4.98 Å². The van der Waals surface area contributed by atoms with Gasteiger partial charge in [-0.2, -0.15) is 0 Å². The summed E-state index contributed by atoms with van der Waals surface area (Å²) in [4.78, 5) is 32.4. The van der Waals surface area contributed by atoms with E-state index in [0.29, 0.717) is 20.8 Å². The van der Waals surface area contributed by atoms with Crippen molar-refractivity contribution in [2.45, 2.75) is 6.04 Å². The fourth-order valence-electron chi connectivity index (χ4n) is 4.01. The number of aliphatic hydroxyl groups excluding tert-OH is 1. The van der Waals surface area contributed by atoms with Gasteiger partial charge in [0.05, 0.1) is 33.4 Å². The molecule has 1 saturated heterocycles. The van der Waals surface area contributed by atoms with Crippen molar-refractivity contribution in [2.75, 3.05) is 12.0 Å². The van der Waals surface area contributed by atoms with Crippen molar-refractivity contribution in [3.8, 4) is 11.5 Å². The Labute approximate surface area is 221 Å². The standard InChI is InChI=1S/C25H15BrClFN2O5S/c1-35-17-9-12(8-15(26)22(17)32)20-19(21(31)11-2-5-14(28)6-3-11)23(33)24(34)30(20)25-29-16-7-4-13(27)10-18(16)36-25/h2-10,20,31-32H,1H3/b21-19+. The summed E-state index contributed by atoms with van der Waals surface area (Å²) in [6, 6.07) is 11.8. The predicted molar refractivity (Wildman–Crippen MR) is 138 cm³/mol. The maximum absolute atomic E-state index is 13.5. The number of carbonyl (C=O) groups is 2. The number of aliphatic hydroxyl groups is 1. The Morgan fingerprint density at radius 3 is 2.58 bits per heavy atom. The zero-order valence-corrected chi connectivity index (χ0v) is 21.5. The molecule has 36 heavy (non-hydrogen) atoms. The van der Waals surface area contributed by atoms with E-state index in [1.54, 1.807) is 18.2 Å². The number of thiazole rings is 1. The van der Waals surface area contributed by atoms with Crippen LogP contribution in [0.25, 0.3) is 16.0 Å². The zero-order valence-electron chi connectivity index (χ0n) is 18.3. The van der Waals surface area contributed by atoms with E-state index in [4.69, 9.17) is 16.3 Å². The first-order valence-corrected chi connectivity index (χ1v) is 12.4. The number of hydrogen-bond acceptors (Lipinski definition) is 7. The molecule has 1 unspecified atom stereocenters. The van der Waals surface area contributed by atoms with Gasteiger partial charge < -0.3 is 14.9 Å². The molecule has 1 aromatic heterocycles. The number of ether oxygens (including phenoxy) is 1. The maximum Gasteiger partial charge on any atom is 0.301 e. The van der Waals surface area contributed by atoms with Crippen molar-refractivity contribution in [3.63, 3.8) is 0 Å². The molecule has 7 nitrogen and oxygen atoms in total. The molecule has 3 aromatic carbocycles. The summed E-state index contributed by atoms with van der Waals surface area (Å²) in [6.07, 6.45) is 0. The Kier molecular flexibility index (Phi) is 6.19. The molecule has 0 bridgehead atoms. The monoisotopic (exact) mass is 588 g/mol. The summed E-state index contributed by atoms with van der Waals surface area (Å²) in [5.41, 5.74) is 0.864. The molecule has 1 amide bonds. The number of amides is 1. The van der Waals surface area contributed by atoms with Crippen molar-refractivity contribution < 1.29 is 28.9 Å². The fourth-order valence-corrected chi connectivity index (χ4v) is 5.73. The number of Topliss-reactive ketones (excluding diaryl/α,β-unsaturated/α-hetero) is 1. The number of fused-ring (bicyclic) bond motifs is 1. The van der Waals surface area contributed by atoms with Gasteiger partial charge in [0.25, 0.3) is 5.78 Å². The molecule has 1 fully saturated rings. The Bertz CT molecular complexity index is 1590. The van der Waals surface area contributed by atoms with Gasteiger partial charge in [-0.1, -0.05) is 22.9 Å². The van der Waals surface area contributed by atoms with E-state index in [0.717, 1.165) is 23.5 Å². The molecule has 1 aliphatic heterocycles. The van der Waals surface area contributed by atoms with Crippen molar-refractivity contribution >= 4 is 71.7 Å². The fraction of sp³-hybridized carbons (Fsp3) is 0.0800. The van der Waals surface area contributed by atoms with E-state index in [9.17, 15) is 24.2 Å². The molecule has 0 spiro atoms. The Morgan fingerprint density at radius 1 is 1.17 bits per heavy atom. The lowest BCUT2D eigenvalue weighted by Gasteiger charge is -2.24. The van der Waals surface area contributed by atoms with E-state index in [-0.39, 0.29) is 32.2 Å². The van der Waals surface area contributed by atoms with E-state index in [1.165, 1.54) is 36.3 Å². The second kappa shape index (κ2) is 9.20. The lowest BCUT2D eigenvalue weighted by atomic mass is 9.95. The minimum Gasteiger partial charge on any atom is -0.507 e. The molecule has 0 radical (unpaired) electrons. The van der Waals surface area contributed by atoms with Crippen LogP contribution in [-0.4, -0.2) is 34.0 Å². The highest BCUT2D eigenvalue weighted by atomic mass is 79.9. The van der Waals surface area contributed by atoms with Gasteiger partial charge in [0.1, 0.15) is 11.6 Å². The number of anilines is 1. The summed E-state index contributed by atoms with van der Waals surface area (Å²) >= 11 is 10.5. The van der Waals surface area contributed by atoms with Crippen molar-refractivity contribution in [3.05, 3.63) is 86.6 Å². The van der Waals surface area contributed by atoms with Crippen LogP contribution in [0.4, 0.5) is 9.52 Å². The number of ketones is 1. The first kappa shape index (κ1) is 24.2. The molecule has 1 atom stereocenters. The highest BCUT2D eigenvalue weighted by Gasteiger charge is 2.48. The van der Waals surface area contributed by atoms with Crippen LogP contribution in [0.5, 0.6) is 11.5 Å². The lowest BCUT2D eigenvalue weighted by Crippen LogP contribution is -2.29. The molecular formula is C25H15BrClFN2O5S. The largest absolute Gasteiger partial charge is 0.507 e. The minimum atomic E-state index is -1.13. The smallest absolute Gasteiger partial charge is 0.301 e. The molecule has 0 saturated carbocycles. The van der Waals surface area contributed by atoms with E-state index >= 15 is 0 Å². The van der Waals surface area contributed by atoms with Gasteiger partial charge in [-0.3, -0.25) is 14.5 Å². The summed E-state index contributed by atoms with van der Waals surface area (Å²) < 4.78 is 19.7. The number of rotatable bonds is 4. The highest BCUT2D eigenvalue weighted by molar-refractivity contribution is 9.10. The Hall–Kier alpha value is -3.47. The molecule has 0 aliphatic carbocycles. The van der Waals surface area contributed by atoms with Gasteiger partial charge in [-0.15, -0.1) is 0 Å². The number of aromatic nitrogens is 1. The lowest BCUT2D eigenvalue weighted by molar-refractivity contribution is -0.132. The van der Waals surface area contributed by atoms with Gasteiger partial charge in [0.2, 0.25) is 0 Å². The second-order valence-corrected chi connectivity index (χ2v) is 10.1. The number of carbonyl (C=O) groups excluding carboxylic acids is 2. The molecule has 1 aliphatic rings. The number of aromatic hydroxyl groups is 1. The average molecular weight is 590 g/mol. The van der Waals surface area contributed by atoms with Crippen molar-refractivity contribution in [1.29, 1.82) is 0 Å². The molecule has 4 aromatic rings. The first-order valence-electron chi connectivity index (χ1n) is 10.4. The first-order chi connectivity index (χ1) is 17.2. The molecule has 2 N–H and O–H groups in total. The van der Waals surface area contributed by atoms with Crippen LogP contribution in [-0.2, 0) is 9.59 Å². The molecule has 2 heterocycles. The molecule has 182 valence electrons. The molecular weight excluding hydrogens is 575 g/mol. The van der Waals surface area contributed by atoms with Gasteiger partial charge in [0.15, 0.2) is 16.6 Å². The quantitative estimate of drug-likeness (QED) is 0.167. The van der Waals surface area contributed by atoms with Crippen LogP contribution in [0.1, 0.15) is 17.2 Å². The normalized spacial score (nSPS) is 17.2. The van der Waals surface area contributed by atoms with E-state index in [2.05, 4.69) is 20.9 Å². The van der Waals surface area contributed by atoms with Crippen LogP contribution >= 0.6 is 38.9 Å². The third-order valence-electron chi connectivity index (χ3n) is 5.69. The average Bonchev–Trinajstić information content (AvgIpc) is 3.38. The third-order valence-corrected chi connectivity index (χ3v) is 7.55. The van der Waals surface area contributed by atoms with Crippen LogP contribution in [0.2, 0.25) is 5.02 Å². The van der Waals surface area contributed by atoms with Crippen LogP contribution < -0.4 is 9.64 Å². The Balaban J connectivity index is 1.77. The summed E-state index contributed by atoms with van der Waals surface area (Å²) in [5.74, 6) is -2.94. The Morgan fingerprint density at radius 2 is 1.89 bits per heavy atom. The van der Waals surface area contributed by atoms with Crippen molar-refractivity contribution in [2.24, 2.45) is 0 Å². The number of benzene rings is 3. The summed E-state index contributed by atoms with van der Waals surface area (Å²) in [5, 5.41) is 22.2. The van der Waals surface area contributed by atoms with Gasteiger partial charge in [-0.25, -0.2) is 9.37 Å². The number of hydrogen-bond donors (Lipinski definition) is 2. The van der Waals surface area contributed by atoms with Gasteiger partial charge >= 0.3 is 5.91 Å². The third kappa shape index (κ3) is 4.01.